The Labute approximate surface area is 115 Å². The van der Waals surface area contributed by atoms with Crippen molar-refractivity contribution in [1.29, 1.82) is 5.26 Å². The molecule has 0 saturated heterocycles. The number of nitriles is 1. The molecule has 20 heavy (non-hydrogen) atoms. The molecule has 0 aliphatic rings. The lowest BCUT2D eigenvalue weighted by atomic mass is 10.1. The number of nitrogens with two attached hydrogens (primary N) is 1. The molecule has 5 heteroatoms. The summed E-state index contributed by atoms with van der Waals surface area (Å²) in [7, 11) is 1.55. The zero-order valence-corrected chi connectivity index (χ0v) is 10.8. The highest BCUT2D eigenvalue weighted by Crippen LogP contribution is 2.21. The summed E-state index contributed by atoms with van der Waals surface area (Å²) < 4.78 is 13.1. The molecule has 2 aromatic carbocycles. The monoisotopic (exact) mass is 269 g/mol. The van der Waals surface area contributed by atoms with Crippen LogP contribution < -0.4 is 10.6 Å². The number of rotatable bonds is 2. The minimum absolute atomic E-state index is 0.0854. The van der Waals surface area contributed by atoms with E-state index in [0.717, 1.165) is 6.07 Å². The third-order valence-electron chi connectivity index (χ3n) is 2.93. The number of anilines is 2. The number of hydrogen-bond donors (Lipinski definition) is 1. The lowest BCUT2D eigenvalue weighted by Crippen LogP contribution is -2.27. The molecule has 0 aromatic heterocycles. The minimum Gasteiger partial charge on any atom is -0.396 e. The molecule has 1 amide bonds. The van der Waals surface area contributed by atoms with Gasteiger partial charge >= 0.3 is 0 Å². The summed E-state index contributed by atoms with van der Waals surface area (Å²) in [4.78, 5) is 13.7. The Morgan fingerprint density at radius 1 is 1.30 bits per heavy atom. The van der Waals surface area contributed by atoms with E-state index in [-0.39, 0.29) is 17.2 Å². The predicted molar refractivity (Wildman–Crippen MR) is 74.7 cm³/mol. The standard InChI is InChI=1S/C15H12FN3O/c1-19(14-5-3-2-4-11(14)9-17)15(20)10-6-7-12(16)13(18)8-10/h2-8H,18H2,1H3. The number of benzene rings is 2. The van der Waals surface area contributed by atoms with Gasteiger partial charge in [0.1, 0.15) is 11.9 Å². The minimum atomic E-state index is -0.568. The average Bonchev–Trinajstić information content (AvgIpc) is 2.48. The van der Waals surface area contributed by atoms with Crippen molar-refractivity contribution >= 4 is 17.3 Å². The van der Waals surface area contributed by atoms with Crippen LogP contribution in [-0.2, 0) is 0 Å². The van der Waals surface area contributed by atoms with Gasteiger partial charge in [-0.15, -0.1) is 0 Å². The van der Waals surface area contributed by atoms with Gasteiger partial charge in [-0.25, -0.2) is 4.39 Å². The molecule has 0 fully saturated rings. The smallest absolute Gasteiger partial charge is 0.258 e. The predicted octanol–water partition coefficient (Wildman–Crippen LogP) is 2.56. The second-order valence-electron chi connectivity index (χ2n) is 4.23. The Bertz CT molecular complexity index is 707. The van der Waals surface area contributed by atoms with Gasteiger partial charge in [0.05, 0.1) is 16.9 Å². The first-order chi connectivity index (χ1) is 9.54. The molecule has 4 nitrogen and oxygen atoms in total. The molecule has 0 atom stereocenters. The van der Waals surface area contributed by atoms with E-state index < -0.39 is 5.82 Å². The lowest BCUT2D eigenvalue weighted by molar-refractivity contribution is 0.0993. The third-order valence-corrected chi connectivity index (χ3v) is 2.93. The van der Waals surface area contributed by atoms with Gasteiger partial charge in [0.15, 0.2) is 0 Å². The zero-order chi connectivity index (χ0) is 14.7. The third kappa shape index (κ3) is 2.45. The molecule has 2 N–H and O–H groups in total. The van der Waals surface area contributed by atoms with E-state index >= 15 is 0 Å². The van der Waals surface area contributed by atoms with Crippen LogP contribution in [0.3, 0.4) is 0 Å². The topological polar surface area (TPSA) is 70.1 Å². The van der Waals surface area contributed by atoms with Crippen molar-refractivity contribution < 1.29 is 9.18 Å². The van der Waals surface area contributed by atoms with Gasteiger partial charge in [-0.2, -0.15) is 5.26 Å². The van der Waals surface area contributed by atoms with E-state index in [1.54, 1.807) is 31.3 Å². The SMILES string of the molecule is CN(C(=O)c1ccc(F)c(N)c1)c1ccccc1C#N. The van der Waals surface area contributed by atoms with Crippen LogP contribution in [0.15, 0.2) is 42.5 Å². The number of nitrogens with zero attached hydrogens (tertiary/aromatic N) is 2. The van der Waals surface area contributed by atoms with Crippen LogP contribution >= 0.6 is 0 Å². The molecule has 0 unspecified atom stereocenters. The van der Waals surface area contributed by atoms with Crippen LogP contribution in [0.1, 0.15) is 15.9 Å². The first kappa shape index (κ1) is 13.6. The number of carbonyl (C=O) groups excluding carboxylic acids is 1. The Kier molecular flexibility index (Phi) is 3.67. The quantitative estimate of drug-likeness (QED) is 0.852. The highest BCUT2D eigenvalue weighted by atomic mass is 19.1. The molecule has 100 valence electrons. The maximum atomic E-state index is 13.1. The Balaban J connectivity index is 2.38. The Morgan fingerprint density at radius 3 is 2.65 bits per heavy atom. The number of para-hydroxylation sites is 1. The van der Waals surface area contributed by atoms with Crippen LogP contribution in [0, 0.1) is 17.1 Å². The van der Waals surface area contributed by atoms with Crippen molar-refractivity contribution in [3.8, 4) is 6.07 Å². The second kappa shape index (κ2) is 5.41. The zero-order valence-electron chi connectivity index (χ0n) is 10.8. The van der Waals surface area contributed by atoms with Crippen LogP contribution in [0.2, 0.25) is 0 Å². The van der Waals surface area contributed by atoms with Crippen molar-refractivity contribution in [2.75, 3.05) is 17.7 Å². The molecular weight excluding hydrogens is 257 g/mol. The summed E-state index contributed by atoms with van der Waals surface area (Å²) in [6, 6.07) is 12.6. The van der Waals surface area contributed by atoms with Gasteiger partial charge in [-0.3, -0.25) is 4.79 Å². The molecule has 0 radical (unpaired) electrons. The molecule has 0 heterocycles. The average molecular weight is 269 g/mol. The molecular formula is C15H12FN3O. The molecule has 2 rings (SSSR count). The van der Waals surface area contributed by atoms with Crippen molar-refractivity contribution in [3.63, 3.8) is 0 Å². The summed E-state index contributed by atoms with van der Waals surface area (Å²) in [5, 5.41) is 9.04. The van der Waals surface area contributed by atoms with Gasteiger partial charge in [-0.1, -0.05) is 12.1 Å². The van der Waals surface area contributed by atoms with E-state index in [1.807, 2.05) is 6.07 Å². The molecule has 2 aromatic rings. The van der Waals surface area contributed by atoms with Crippen molar-refractivity contribution in [3.05, 3.63) is 59.4 Å². The molecule has 0 aliphatic heterocycles. The summed E-state index contributed by atoms with van der Waals surface area (Å²) in [6.45, 7) is 0. The van der Waals surface area contributed by atoms with Crippen LogP contribution in [0.4, 0.5) is 15.8 Å². The van der Waals surface area contributed by atoms with Crippen LogP contribution in [-0.4, -0.2) is 13.0 Å². The van der Waals surface area contributed by atoms with Gasteiger partial charge in [0.25, 0.3) is 5.91 Å². The molecule has 0 aliphatic carbocycles. The Morgan fingerprint density at radius 2 is 2.00 bits per heavy atom. The Hall–Kier alpha value is -2.87. The van der Waals surface area contributed by atoms with E-state index in [1.165, 1.54) is 17.0 Å². The first-order valence-electron chi connectivity index (χ1n) is 5.87. The van der Waals surface area contributed by atoms with Crippen molar-refractivity contribution in [2.24, 2.45) is 0 Å². The van der Waals surface area contributed by atoms with E-state index in [9.17, 15) is 9.18 Å². The van der Waals surface area contributed by atoms with Crippen LogP contribution in [0.25, 0.3) is 0 Å². The number of carbonyl (C=O) groups is 1. The summed E-state index contributed by atoms with van der Waals surface area (Å²) in [5.74, 6) is -0.930. The van der Waals surface area contributed by atoms with Gasteiger partial charge in [-0.05, 0) is 30.3 Å². The first-order valence-corrected chi connectivity index (χ1v) is 5.87. The van der Waals surface area contributed by atoms with Gasteiger partial charge in [0.2, 0.25) is 0 Å². The summed E-state index contributed by atoms with van der Waals surface area (Å²) in [5.41, 5.74) is 6.51. The van der Waals surface area contributed by atoms with Crippen molar-refractivity contribution in [1.82, 2.24) is 0 Å². The van der Waals surface area contributed by atoms with E-state index in [2.05, 4.69) is 0 Å². The molecule has 0 bridgehead atoms. The maximum absolute atomic E-state index is 13.1. The fourth-order valence-corrected chi connectivity index (χ4v) is 1.84. The number of hydrogen-bond acceptors (Lipinski definition) is 3. The van der Waals surface area contributed by atoms with Gasteiger partial charge in [0, 0.05) is 12.6 Å². The van der Waals surface area contributed by atoms with Crippen molar-refractivity contribution in [2.45, 2.75) is 0 Å². The second-order valence-corrected chi connectivity index (χ2v) is 4.23. The molecule has 0 spiro atoms. The van der Waals surface area contributed by atoms with Gasteiger partial charge < -0.3 is 10.6 Å². The number of amides is 1. The highest BCUT2D eigenvalue weighted by Gasteiger charge is 2.17. The fourth-order valence-electron chi connectivity index (χ4n) is 1.84. The van der Waals surface area contributed by atoms with E-state index in [0.29, 0.717) is 11.3 Å². The fraction of sp³-hybridized carbons (Fsp3) is 0.0667. The number of halogens is 1. The lowest BCUT2D eigenvalue weighted by Gasteiger charge is -2.18. The maximum Gasteiger partial charge on any atom is 0.258 e. The largest absolute Gasteiger partial charge is 0.396 e. The van der Waals surface area contributed by atoms with E-state index in [4.69, 9.17) is 11.0 Å². The molecule has 0 saturated carbocycles. The van der Waals surface area contributed by atoms with Crippen LogP contribution in [0.5, 0.6) is 0 Å². The summed E-state index contributed by atoms with van der Waals surface area (Å²) >= 11 is 0. The number of nitrogen functional groups attached to an aromatic ring is 1. The summed E-state index contributed by atoms with van der Waals surface area (Å²) in [6.07, 6.45) is 0. The highest BCUT2D eigenvalue weighted by molar-refractivity contribution is 6.06. The normalized spacial score (nSPS) is 9.85.